The summed E-state index contributed by atoms with van der Waals surface area (Å²) in [5.74, 6) is -0.916. The van der Waals surface area contributed by atoms with Crippen molar-refractivity contribution in [3.63, 3.8) is 0 Å². The van der Waals surface area contributed by atoms with Crippen molar-refractivity contribution in [1.82, 2.24) is 14.2 Å². The molecule has 1 amide bonds. The predicted molar refractivity (Wildman–Crippen MR) is 109 cm³/mol. The standard InChI is InChI=1S/C20H16BrFN4O2/c1-11-9-18(27)24-19-14-5-3-4-6-17(14)26(25(11)19)12(2)20(28)23-16-8-7-13(21)10-15(16)22/h3-10,12H,1-2H3,(H,23,28)/t12-/m1/s1. The molecule has 0 unspecified atom stereocenters. The SMILES string of the molecule is Cc1cc(=O)nc2c3ccccc3n([C@H](C)C(=O)Nc3ccc(Br)cc3F)n12. The Hall–Kier alpha value is -3.00. The number of nitrogens with one attached hydrogen (secondary N) is 1. The Balaban J connectivity index is 1.85. The number of benzene rings is 2. The molecule has 1 atom stereocenters. The molecule has 1 N–H and O–H groups in total. The Morgan fingerprint density at radius 3 is 2.71 bits per heavy atom. The highest BCUT2D eigenvalue weighted by atomic mass is 79.9. The molecular formula is C20H16BrFN4O2. The first kappa shape index (κ1) is 18.4. The number of aromatic nitrogens is 3. The van der Waals surface area contributed by atoms with Crippen LogP contribution in [0.15, 0.2) is 57.8 Å². The van der Waals surface area contributed by atoms with Crippen molar-refractivity contribution in [3.8, 4) is 0 Å². The number of carbonyl (C=O) groups is 1. The Morgan fingerprint density at radius 1 is 1.21 bits per heavy atom. The van der Waals surface area contributed by atoms with Crippen molar-refractivity contribution in [1.29, 1.82) is 0 Å². The van der Waals surface area contributed by atoms with Crippen molar-refractivity contribution in [2.75, 3.05) is 5.32 Å². The molecule has 0 radical (unpaired) electrons. The molecule has 6 nitrogen and oxygen atoms in total. The van der Waals surface area contributed by atoms with Gasteiger partial charge in [0.25, 0.3) is 5.56 Å². The smallest absolute Gasteiger partial charge is 0.273 e. The normalized spacial score (nSPS) is 12.4. The highest BCUT2D eigenvalue weighted by molar-refractivity contribution is 9.10. The number of rotatable bonds is 3. The highest BCUT2D eigenvalue weighted by Gasteiger charge is 2.23. The van der Waals surface area contributed by atoms with Crippen LogP contribution in [0.5, 0.6) is 0 Å². The maximum absolute atomic E-state index is 14.1. The summed E-state index contributed by atoms with van der Waals surface area (Å²) in [6.45, 7) is 3.50. The number of para-hydroxylation sites is 1. The lowest BCUT2D eigenvalue weighted by molar-refractivity contribution is -0.119. The molecule has 2 heterocycles. The fourth-order valence-electron chi connectivity index (χ4n) is 3.33. The monoisotopic (exact) mass is 442 g/mol. The maximum atomic E-state index is 14.1. The minimum absolute atomic E-state index is 0.0995. The van der Waals surface area contributed by atoms with Gasteiger partial charge in [-0.25, -0.2) is 8.91 Å². The van der Waals surface area contributed by atoms with Gasteiger partial charge in [0.2, 0.25) is 5.91 Å². The third-order valence-electron chi connectivity index (χ3n) is 4.63. The van der Waals surface area contributed by atoms with E-state index in [0.717, 1.165) is 10.9 Å². The van der Waals surface area contributed by atoms with Gasteiger partial charge in [0.05, 0.1) is 11.2 Å². The highest BCUT2D eigenvalue weighted by Crippen LogP contribution is 2.26. The molecule has 0 saturated carbocycles. The largest absolute Gasteiger partial charge is 0.322 e. The molecule has 0 bridgehead atoms. The van der Waals surface area contributed by atoms with E-state index in [9.17, 15) is 14.0 Å². The average molecular weight is 443 g/mol. The van der Waals surface area contributed by atoms with Crippen LogP contribution in [0, 0.1) is 12.7 Å². The van der Waals surface area contributed by atoms with Gasteiger partial charge >= 0.3 is 0 Å². The van der Waals surface area contributed by atoms with Gasteiger partial charge in [0, 0.05) is 21.6 Å². The Kier molecular flexibility index (Phi) is 4.50. The third kappa shape index (κ3) is 2.99. The number of amides is 1. The van der Waals surface area contributed by atoms with Crippen LogP contribution < -0.4 is 10.9 Å². The third-order valence-corrected chi connectivity index (χ3v) is 5.12. The van der Waals surface area contributed by atoms with Crippen molar-refractivity contribution in [2.24, 2.45) is 0 Å². The second kappa shape index (κ2) is 6.87. The van der Waals surface area contributed by atoms with Crippen LogP contribution in [0.3, 0.4) is 0 Å². The topological polar surface area (TPSA) is 68.4 Å². The molecule has 0 fully saturated rings. The fraction of sp³-hybridized carbons (Fsp3) is 0.150. The summed E-state index contributed by atoms with van der Waals surface area (Å²) in [5.41, 5.74) is 1.65. The maximum Gasteiger partial charge on any atom is 0.273 e. The van der Waals surface area contributed by atoms with E-state index in [0.29, 0.717) is 15.8 Å². The second-order valence-corrected chi connectivity index (χ2v) is 7.44. The number of anilines is 1. The number of fused-ring (bicyclic) bond motifs is 3. The van der Waals surface area contributed by atoms with Crippen LogP contribution in [-0.2, 0) is 4.79 Å². The molecular weight excluding hydrogens is 427 g/mol. The lowest BCUT2D eigenvalue weighted by Gasteiger charge is -2.18. The Bertz CT molecular complexity index is 1290. The lowest BCUT2D eigenvalue weighted by atomic mass is 10.2. The van der Waals surface area contributed by atoms with Gasteiger partial charge in [-0.1, -0.05) is 28.1 Å². The Labute approximate surface area is 167 Å². The summed E-state index contributed by atoms with van der Waals surface area (Å²) in [6.07, 6.45) is 0. The zero-order valence-electron chi connectivity index (χ0n) is 15.1. The summed E-state index contributed by atoms with van der Waals surface area (Å²) in [6, 6.07) is 12.6. The molecule has 0 saturated heterocycles. The molecule has 0 aliphatic rings. The van der Waals surface area contributed by atoms with E-state index in [4.69, 9.17) is 0 Å². The average Bonchev–Trinajstić information content (AvgIpc) is 2.98. The van der Waals surface area contributed by atoms with Crippen LogP contribution in [-0.4, -0.2) is 20.1 Å². The molecule has 28 heavy (non-hydrogen) atoms. The molecule has 2 aromatic carbocycles. The minimum atomic E-state index is -0.687. The number of carbonyl (C=O) groups excluding carboxylic acids is 1. The minimum Gasteiger partial charge on any atom is -0.322 e. The summed E-state index contributed by atoms with van der Waals surface area (Å²) < 4.78 is 18.2. The molecule has 0 spiro atoms. The molecule has 4 rings (SSSR count). The van der Waals surface area contributed by atoms with E-state index in [2.05, 4.69) is 26.2 Å². The van der Waals surface area contributed by atoms with Crippen molar-refractivity contribution < 1.29 is 9.18 Å². The van der Waals surface area contributed by atoms with Crippen molar-refractivity contribution >= 4 is 44.1 Å². The van der Waals surface area contributed by atoms with E-state index in [1.54, 1.807) is 29.1 Å². The first-order valence-corrected chi connectivity index (χ1v) is 9.41. The van der Waals surface area contributed by atoms with Crippen LogP contribution in [0.1, 0.15) is 18.7 Å². The summed E-state index contributed by atoms with van der Waals surface area (Å²) in [4.78, 5) is 28.9. The zero-order chi connectivity index (χ0) is 20.0. The summed E-state index contributed by atoms with van der Waals surface area (Å²) in [5, 5.41) is 3.40. The van der Waals surface area contributed by atoms with Gasteiger partial charge in [-0.2, -0.15) is 4.98 Å². The molecule has 2 aromatic heterocycles. The first-order chi connectivity index (χ1) is 13.4. The van der Waals surface area contributed by atoms with E-state index in [-0.39, 0.29) is 17.2 Å². The molecule has 0 aliphatic carbocycles. The van der Waals surface area contributed by atoms with Gasteiger partial charge in [-0.05, 0) is 44.2 Å². The molecule has 4 aromatic rings. The quantitative estimate of drug-likeness (QED) is 0.520. The van der Waals surface area contributed by atoms with Crippen LogP contribution >= 0.6 is 15.9 Å². The van der Waals surface area contributed by atoms with Gasteiger partial charge in [0.1, 0.15) is 11.9 Å². The number of aryl methyl sites for hydroxylation is 1. The van der Waals surface area contributed by atoms with Gasteiger partial charge < -0.3 is 5.32 Å². The number of hydrogen-bond acceptors (Lipinski definition) is 3. The second-order valence-electron chi connectivity index (χ2n) is 6.52. The van der Waals surface area contributed by atoms with Crippen LogP contribution in [0.2, 0.25) is 0 Å². The summed E-state index contributed by atoms with van der Waals surface area (Å²) >= 11 is 3.20. The van der Waals surface area contributed by atoms with Crippen LogP contribution in [0.4, 0.5) is 10.1 Å². The zero-order valence-corrected chi connectivity index (χ0v) is 16.7. The van der Waals surface area contributed by atoms with E-state index < -0.39 is 11.9 Å². The van der Waals surface area contributed by atoms with E-state index >= 15 is 0 Å². The number of hydrogen-bond donors (Lipinski definition) is 1. The van der Waals surface area contributed by atoms with Crippen molar-refractivity contribution in [2.45, 2.75) is 19.9 Å². The first-order valence-electron chi connectivity index (χ1n) is 8.62. The van der Waals surface area contributed by atoms with Crippen LogP contribution in [0.25, 0.3) is 16.6 Å². The molecule has 0 aliphatic heterocycles. The van der Waals surface area contributed by atoms with Gasteiger partial charge in [-0.15, -0.1) is 0 Å². The van der Waals surface area contributed by atoms with Gasteiger partial charge in [-0.3, -0.25) is 14.3 Å². The van der Waals surface area contributed by atoms with Crippen molar-refractivity contribution in [3.05, 3.63) is 74.9 Å². The van der Waals surface area contributed by atoms with E-state index in [1.807, 2.05) is 24.3 Å². The number of nitrogens with zero attached hydrogens (tertiary/aromatic N) is 3. The Morgan fingerprint density at radius 2 is 1.96 bits per heavy atom. The predicted octanol–water partition coefficient (Wildman–Crippen LogP) is 4.06. The molecule has 142 valence electrons. The summed E-state index contributed by atoms with van der Waals surface area (Å²) in [7, 11) is 0. The number of halogens is 2. The van der Waals surface area contributed by atoms with E-state index in [1.165, 1.54) is 18.2 Å². The van der Waals surface area contributed by atoms with Gasteiger partial charge in [0.15, 0.2) is 5.65 Å². The molecule has 8 heteroatoms. The fourth-order valence-corrected chi connectivity index (χ4v) is 3.66. The lowest BCUT2D eigenvalue weighted by Crippen LogP contribution is -2.27.